The van der Waals surface area contributed by atoms with Gasteiger partial charge in [-0.2, -0.15) is 0 Å². The van der Waals surface area contributed by atoms with E-state index in [1.54, 1.807) is 18.2 Å². The smallest absolute Gasteiger partial charge is 0.0627 e. The highest BCUT2D eigenvalue weighted by Gasteiger charge is 1.96. The lowest BCUT2D eigenvalue weighted by atomic mass is 10.2. The quantitative estimate of drug-likeness (QED) is 0.545. The highest BCUT2D eigenvalue weighted by molar-refractivity contribution is 6.42. The van der Waals surface area contributed by atoms with Crippen LogP contribution in [0, 0.1) is 6.92 Å². The highest BCUT2D eigenvalue weighted by Crippen LogP contribution is 2.24. The molecule has 0 bridgehead atoms. The molecule has 1 rings (SSSR count). The van der Waals surface area contributed by atoms with Crippen molar-refractivity contribution < 1.29 is 0 Å². The molecule has 1 aromatic carbocycles. The van der Waals surface area contributed by atoms with Gasteiger partial charge in [0.25, 0.3) is 0 Å². The molecule has 0 fully saturated rings. The Morgan fingerprint density at radius 2 is 1.89 bits per heavy atom. The van der Waals surface area contributed by atoms with Crippen LogP contribution in [0.2, 0.25) is 10.0 Å². The van der Waals surface area contributed by atoms with E-state index < -0.39 is 0 Å². The molecule has 0 N–H and O–H groups in total. The first-order valence-electron chi connectivity index (χ1n) is 2.41. The van der Waals surface area contributed by atoms with Gasteiger partial charge in [0, 0.05) is 6.92 Å². The summed E-state index contributed by atoms with van der Waals surface area (Å²) in [5.41, 5.74) is 0.518. The maximum absolute atomic E-state index is 5.62. The first-order chi connectivity index (χ1) is 4.22. The fraction of sp³-hybridized carbons (Fsp3) is 0. The normalized spacial score (nSPS) is 9.67. The molecule has 0 nitrogen and oxygen atoms in total. The average molecular weight is 159 g/mol. The summed E-state index contributed by atoms with van der Waals surface area (Å²) in [5, 5.41) is 0.927. The monoisotopic (exact) mass is 158 g/mol. The Balaban J connectivity index is 3.25. The standard InChI is InChI=1S/C7H4Cl2/c1-5-3-2-4-6(8)7(5)9/h1-4H. The number of halogens is 2. The first kappa shape index (κ1) is 6.91. The van der Waals surface area contributed by atoms with Crippen LogP contribution in [0.25, 0.3) is 0 Å². The van der Waals surface area contributed by atoms with Gasteiger partial charge in [0.15, 0.2) is 0 Å². The molecule has 0 amide bonds. The predicted molar refractivity (Wildman–Crippen MR) is 39.9 cm³/mol. The van der Waals surface area contributed by atoms with Gasteiger partial charge in [-0.3, -0.25) is 0 Å². The Kier molecular flexibility index (Phi) is 1.99. The van der Waals surface area contributed by atoms with Crippen molar-refractivity contribution in [2.75, 3.05) is 0 Å². The van der Waals surface area contributed by atoms with Gasteiger partial charge < -0.3 is 0 Å². The van der Waals surface area contributed by atoms with Crippen LogP contribution in [0.3, 0.4) is 0 Å². The lowest BCUT2D eigenvalue weighted by molar-refractivity contribution is 1.61. The molecule has 0 spiro atoms. The maximum Gasteiger partial charge on any atom is 0.0627 e. The summed E-state index contributed by atoms with van der Waals surface area (Å²) in [6.45, 7) is 5.40. The van der Waals surface area contributed by atoms with Crippen molar-refractivity contribution in [3.8, 4) is 0 Å². The second kappa shape index (κ2) is 2.59. The summed E-state index contributed by atoms with van der Waals surface area (Å²) in [6, 6.07) is 5.15. The van der Waals surface area contributed by atoms with E-state index >= 15 is 0 Å². The zero-order valence-electron chi connectivity index (χ0n) is 4.57. The van der Waals surface area contributed by atoms with E-state index in [0.717, 1.165) is 0 Å². The largest absolute Gasteiger partial charge is 0.0827 e. The van der Waals surface area contributed by atoms with Crippen LogP contribution >= 0.6 is 23.2 Å². The number of hydrogen-bond donors (Lipinski definition) is 0. The van der Waals surface area contributed by atoms with Crippen molar-refractivity contribution in [1.29, 1.82) is 0 Å². The van der Waals surface area contributed by atoms with Gasteiger partial charge in [-0.1, -0.05) is 35.3 Å². The molecule has 0 saturated heterocycles. The Labute approximate surface area is 64.4 Å². The van der Waals surface area contributed by atoms with E-state index in [2.05, 4.69) is 0 Å². The first-order valence-corrected chi connectivity index (χ1v) is 3.17. The van der Waals surface area contributed by atoms with Crippen LogP contribution in [-0.4, -0.2) is 0 Å². The third kappa shape index (κ3) is 1.38. The summed E-state index contributed by atoms with van der Waals surface area (Å²) >= 11 is 11.2. The van der Waals surface area contributed by atoms with Crippen molar-refractivity contribution in [3.05, 3.63) is 40.7 Å². The van der Waals surface area contributed by atoms with Gasteiger partial charge in [-0.25, -0.2) is 0 Å². The molecule has 0 aliphatic rings. The molecule has 46 valence electrons. The minimum Gasteiger partial charge on any atom is -0.0827 e. The highest BCUT2D eigenvalue weighted by atomic mass is 35.5. The summed E-state index contributed by atoms with van der Waals surface area (Å²) in [5.74, 6) is 0. The lowest BCUT2D eigenvalue weighted by Gasteiger charge is -1.96. The molecule has 0 heterocycles. The summed E-state index contributed by atoms with van der Waals surface area (Å²) < 4.78 is 0. The number of benzene rings is 1. The van der Waals surface area contributed by atoms with Gasteiger partial charge in [-0.15, -0.1) is 0 Å². The topological polar surface area (TPSA) is 0 Å². The molecule has 0 aliphatic carbocycles. The third-order valence-corrected chi connectivity index (χ3v) is 1.81. The van der Waals surface area contributed by atoms with E-state index in [1.165, 1.54) is 0 Å². The Morgan fingerprint density at radius 1 is 1.22 bits per heavy atom. The Hall–Kier alpha value is -0.200. The number of rotatable bonds is 0. The van der Waals surface area contributed by atoms with E-state index in [9.17, 15) is 0 Å². The van der Waals surface area contributed by atoms with Crippen molar-refractivity contribution >= 4 is 23.2 Å². The summed E-state index contributed by atoms with van der Waals surface area (Å²) in [6.07, 6.45) is 0. The maximum atomic E-state index is 5.62. The minimum absolute atomic E-state index is 0.430. The fourth-order valence-corrected chi connectivity index (χ4v) is 0.828. The van der Waals surface area contributed by atoms with E-state index in [4.69, 9.17) is 30.1 Å². The predicted octanol–water partition coefficient (Wildman–Crippen LogP) is 3.05. The zero-order valence-corrected chi connectivity index (χ0v) is 6.08. The molecule has 0 unspecified atom stereocenters. The lowest BCUT2D eigenvalue weighted by Crippen LogP contribution is -1.73. The molecule has 0 saturated carbocycles. The molecular weight excluding hydrogens is 155 g/mol. The van der Waals surface area contributed by atoms with Gasteiger partial charge >= 0.3 is 0 Å². The number of hydrogen-bond acceptors (Lipinski definition) is 0. The Morgan fingerprint density at radius 3 is 2.33 bits per heavy atom. The minimum atomic E-state index is 0.430. The molecule has 0 atom stereocenters. The van der Waals surface area contributed by atoms with Crippen LogP contribution in [0.15, 0.2) is 18.2 Å². The fourth-order valence-electron chi connectivity index (χ4n) is 0.520. The van der Waals surface area contributed by atoms with E-state index in [-0.39, 0.29) is 0 Å². The van der Waals surface area contributed by atoms with Gasteiger partial charge in [0.2, 0.25) is 0 Å². The summed E-state index contributed by atoms with van der Waals surface area (Å²) in [7, 11) is 0. The molecular formula is C7H4Cl2. The van der Waals surface area contributed by atoms with Gasteiger partial charge in [0.1, 0.15) is 0 Å². The molecule has 0 aliphatic heterocycles. The van der Waals surface area contributed by atoms with Crippen LogP contribution in [-0.2, 0) is 0 Å². The van der Waals surface area contributed by atoms with Crippen LogP contribution in [0.5, 0.6) is 0 Å². The van der Waals surface area contributed by atoms with E-state index in [0.29, 0.717) is 15.6 Å². The Bertz CT molecular complexity index is 198. The molecule has 0 aromatic heterocycles. The van der Waals surface area contributed by atoms with Crippen LogP contribution < -0.4 is 0 Å². The zero-order chi connectivity index (χ0) is 6.85. The SMILES string of the molecule is [CH]c1cccc(Cl)c1Cl. The van der Waals surface area contributed by atoms with Crippen LogP contribution in [0.4, 0.5) is 0 Å². The second-order valence-corrected chi connectivity index (χ2v) is 2.43. The summed E-state index contributed by atoms with van der Waals surface area (Å²) in [4.78, 5) is 0. The van der Waals surface area contributed by atoms with Gasteiger partial charge in [-0.05, 0) is 11.6 Å². The van der Waals surface area contributed by atoms with Crippen molar-refractivity contribution in [3.63, 3.8) is 0 Å². The molecule has 9 heavy (non-hydrogen) atoms. The van der Waals surface area contributed by atoms with Gasteiger partial charge in [0.05, 0.1) is 10.0 Å². The third-order valence-electron chi connectivity index (χ3n) is 0.981. The van der Waals surface area contributed by atoms with Crippen LogP contribution in [0.1, 0.15) is 5.56 Å². The molecule has 2 radical (unpaired) electrons. The van der Waals surface area contributed by atoms with E-state index in [1.807, 2.05) is 0 Å². The van der Waals surface area contributed by atoms with Crippen molar-refractivity contribution in [2.24, 2.45) is 0 Å². The van der Waals surface area contributed by atoms with Crippen molar-refractivity contribution in [2.45, 2.75) is 0 Å². The van der Waals surface area contributed by atoms with Crippen molar-refractivity contribution in [1.82, 2.24) is 0 Å². The second-order valence-electron chi connectivity index (χ2n) is 1.64. The molecule has 1 aromatic rings. The average Bonchev–Trinajstić information content (AvgIpc) is 1.83. The molecule has 2 heteroatoms.